The van der Waals surface area contributed by atoms with Crippen molar-refractivity contribution in [3.8, 4) is 0 Å². The first-order valence-electron chi connectivity index (χ1n) is 4.71. The van der Waals surface area contributed by atoms with E-state index in [9.17, 15) is 0 Å². The SMILES string of the molecule is Cc1cc(/C(N)=N/N)c(C)n1C(C)C. The topological polar surface area (TPSA) is 69.3 Å². The molecule has 1 rings (SSSR count). The Morgan fingerprint density at radius 3 is 2.36 bits per heavy atom. The second-order valence-electron chi connectivity index (χ2n) is 3.76. The second-order valence-corrected chi connectivity index (χ2v) is 3.76. The van der Waals surface area contributed by atoms with Crippen molar-refractivity contribution in [3.05, 3.63) is 23.0 Å². The van der Waals surface area contributed by atoms with Crippen LogP contribution < -0.4 is 11.6 Å². The van der Waals surface area contributed by atoms with Gasteiger partial charge in [0.15, 0.2) is 5.84 Å². The highest BCUT2D eigenvalue weighted by molar-refractivity contribution is 5.98. The van der Waals surface area contributed by atoms with Crippen LogP contribution in [0.15, 0.2) is 11.2 Å². The molecule has 4 N–H and O–H groups in total. The predicted molar refractivity (Wildman–Crippen MR) is 59.2 cm³/mol. The lowest BCUT2D eigenvalue weighted by molar-refractivity contribution is 0.574. The van der Waals surface area contributed by atoms with Crippen LogP contribution in [-0.4, -0.2) is 10.4 Å². The molecule has 1 aromatic rings. The molecule has 1 heterocycles. The maximum atomic E-state index is 5.69. The summed E-state index contributed by atoms with van der Waals surface area (Å²) in [5.74, 6) is 5.56. The third-order valence-corrected chi connectivity index (χ3v) is 2.42. The molecule has 0 unspecified atom stereocenters. The highest BCUT2D eigenvalue weighted by atomic mass is 15.2. The Labute approximate surface area is 84.6 Å². The summed E-state index contributed by atoms with van der Waals surface area (Å²) in [7, 11) is 0. The smallest absolute Gasteiger partial charge is 0.152 e. The summed E-state index contributed by atoms with van der Waals surface area (Å²) in [6.45, 7) is 8.36. The van der Waals surface area contributed by atoms with Gasteiger partial charge in [-0.25, -0.2) is 0 Å². The zero-order valence-electron chi connectivity index (χ0n) is 9.20. The van der Waals surface area contributed by atoms with Crippen LogP contribution in [0.3, 0.4) is 0 Å². The third-order valence-electron chi connectivity index (χ3n) is 2.42. The Hall–Kier alpha value is -1.45. The van der Waals surface area contributed by atoms with E-state index in [0.717, 1.165) is 11.3 Å². The van der Waals surface area contributed by atoms with E-state index in [-0.39, 0.29) is 0 Å². The zero-order valence-corrected chi connectivity index (χ0v) is 9.20. The molecule has 0 aliphatic heterocycles. The van der Waals surface area contributed by atoms with Crippen molar-refractivity contribution in [3.63, 3.8) is 0 Å². The van der Waals surface area contributed by atoms with Crippen LogP contribution in [0.2, 0.25) is 0 Å². The molecule has 0 aliphatic rings. The highest BCUT2D eigenvalue weighted by Gasteiger charge is 2.13. The summed E-state index contributed by atoms with van der Waals surface area (Å²) < 4.78 is 2.22. The molecule has 4 heteroatoms. The lowest BCUT2D eigenvalue weighted by atomic mass is 10.2. The lowest BCUT2D eigenvalue weighted by Crippen LogP contribution is -2.16. The van der Waals surface area contributed by atoms with Crippen LogP contribution in [0.5, 0.6) is 0 Å². The average molecular weight is 194 g/mol. The van der Waals surface area contributed by atoms with E-state index in [0.29, 0.717) is 11.9 Å². The van der Waals surface area contributed by atoms with Gasteiger partial charge in [0.05, 0.1) is 0 Å². The fourth-order valence-electron chi connectivity index (χ4n) is 1.90. The molecule has 0 atom stereocenters. The molecule has 0 bridgehead atoms. The first-order valence-corrected chi connectivity index (χ1v) is 4.71. The van der Waals surface area contributed by atoms with Crippen molar-refractivity contribution >= 4 is 5.84 Å². The summed E-state index contributed by atoms with van der Waals surface area (Å²) in [5, 5.41) is 3.51. The minimum Gasteiger partial charge on any atom is -0.382 e. The maximum absolute atomic E-state index is 5.69. The van der Waals surface area contributed by atoms with Crippen molar-refractivity contribution in [1.29, 1.82) is 0 Å². The Morgan fingerprint density at radius 1 is 1.43 bits per heavy atom. The van der Waals surface area contributed by atoms with Crippen LogP contribution in [0.4, 0.5) is 0 Å². The van der Waals surface area contributed by atoms with Crippen molar-refractivity contribution in [2.45, 2.75) is 33.7 Å². The molecule has 0 fully saturated rings. The van der Waals surface area contributed by atoms with Gasteiger partial charge in [0.25, 0.3) is 0 Å². The first kappa shape index (κ1) is 10.6. The van der Waals surface area contributed by atoms with Gasteiger partial charge >= 0.3 is 0 Å². The summed E-state index contributed by atoms with van der Waals surface area (Å²) in [5.41, 5.74) is 8.91. The van der Waals surface area contributed by atoms with Gasteiger partial charge in [0, 0.05) is 23.0 Å². The van der Waals surface area contributed by atoms with Gasteiger partial charge in [-0.3, -0.25) is 0 Å². The number of hydrogen-bond donors (Lipinski definition) is 2. The minimum absolute atomic E-state index is 0.394. The number of aryl methyl sites for hydroxylation is 1. The van der Waals surface area contributed by atoms with E-state index in [1.165, 1.54) is 5.69 Å². The molecular weight excluding hydrogens is 176 g/mol. The molecule has 14 heavy (non-hydrogen) atoms. The van der Waals surface area contributed by atoms with E-state index < -0.39 is 0 Å². The monoisotopic (exact) mass is 194 g/mol. The normalized spacial score (nSPS) is 12.5. The largest absolute Gasteiger partial charge is 0.382 e. The van der Waals surface area contributed by atoms with E-state index in [2.05, 4.69) is 30.4 Å². The molecular formula is C10H18N4. The molecule has 0 aromatic carbocycles. The number of rotatable bonds is 2. The summed E-state index contributed by atoms with van der Waals surface area (Å²) >= 11 is 0. The Bertz CT molecular complexity index is 360. The van der Waals surface area contributed by atoms with Crippen molar-refractivity contribution in [1.82, 2.24) is 4.57 Å². The molecule has 0 saturated heterocycles. The van der Waals surface area contributed by atoms with Crippen molar-refractivity contribution < 1.29 is 0 Å². The van der Waals surface area contributed by atoms with E-state index in [1.807, 2.05) is 13.0 Å². The van der Waals surface area contributed by atoms with Gasteiger partial charge in [-0.15, -0.1) is 0 Å². The first-order chi connectivity index (χ1) is 6.49. The van der Waals surface area contributed by atoms with Gasteiger partial charge in [0.2, 0.25) is 0 Å². The van der Waals surface area contributed by atoms with Crippen molar-refractivity contribution in [2.75, 3.05) is 0 Å². The number of hydrazone groups is 1. The molecule has 0 aliphatic carbocycles. The number of nitrogens with two attached hydrogens (primary N) is 2. The number of aromatic nitrogens is 1. The van der Waals surface area contributed by atoms with Crippen LogP contribution in [0.25, 0.3) is 0 Å². The van der Waals surface area contributed by atoms with Crippen LogP contribution in [-0.2, 0) is 0 Å². The van der Waals surface area contributed by atoms with Crippen LogP contribution >= 0.6 is 0 Å². The third kappa shape index (κ3) is 1.60. The van der Waals surface area contributed by atoms with Gasteiger partial charge in [0.1, 0.15) is 0 Å². The number of amidine groups is 1. The van der Waals surface area contributed by atoms with Crippen molar-refractivity contribution in [2.24, 2.45) is 16.7 Å². The number of nitrogens with zero attached hydrogens (tertiary/aromatic N) is 2. The average Bonchev–Trinajstić information content (AvgIpc) is 2.40. The standard InChI is InChI=1S/C10H18N4/c1-6(2)14-7(3)5-9(8(14)4)10(11)13-12/h5-6H,12H2,1-4H3,(H2,11,13). The van der Waals surface area contributed by atoms with Gasteiger partial charge in [-0.2, -0.15) is 5.10 Å². The fourth-order valence-corrected chi connectivity index (χ4v) is 1.90. The molecule has 0 radical (unpaired) electrons. The quantitative estimate of drug-likeness (QED) is 0.322. The number of hydrogen-bond acceptors (Lipinski definition) is 2. The van der Waals surface area contributed by atoms with E-state index in [4.69, 9.17) is 11.6 Å². The second kappa shape index (κ2) is 3.74. The molecule has 0 spiro atoms. The predicted octanol–water partition coefficient (Wildman–Crippen LogP) is 1.26. The molecule has 0 amide bonds. The summed E-state index contributed by atoms with van der Waals surface area (Å²) in [6.07, 6.45) is 0. The maximum Gasteiger partial charge on any atom is 0.152 e. The van der Waals surface area contributed by atoms with Gasteiger partial charge < -0.3 is 16.1 Å². The Morgan fingerprint density at radius 2 is 2.00 bits per heavy atom. The molecule has 0 saturated carbocycles. The minimum atomic E-state index is 0.394. The molecule has 4 nitrogen and oxygen atoms in total. The summed E-state index contributed by atoms with van der Waals surface area (Å²) in [4.78, 5) is 0. The Balaban J connectivity index is 3.31. The van der Waals surface area contributed by atoms with E-state index in [1.54, 1.807) is 0 Å². The van der Waals surface area contributed by atoms with Gasteiger partial charge in [-0.05, 0) is 33.8 Å². The van der Waals surface area contributed by atoms with Gasteiger partial charge in [-0.1, -0.05) is 0 Å². The summed E-state index contributed by atoms with van der Waals surface area (Å²) in [6, 6.07) is 2.44. The van der Waals surface area contributed by atoms with Crippen LogP contribution in [0.1, 0.15) is 36.8 Å². The van der Waals surface area contributed by atoms with Crippen LogP contribution in [0, 0.1) is 13.8 Å². The molecule has 1 aromatic heterocycles. The van der Waals surface area contributed by atoms with E-state index >= 15 is 0 Å². The lowest BCUT2D eigenvalue weighted by Gasteiger charge is -2.13. The highest BCUT2D eigenvalue weighted by Crippen LogP contribution is 2.19. The zero-order chi connectivity index (χ0) is 10.9. The molecule has 78 valence electrons. The Kier molecular flexibility index (Phi) is 2.84. The fraction of sp³-hybridized carbons (Fsp3) is 0.500.